The van der Waals surface area contributed by atoms with Crippen LogP contribution in [0.2, 0.25) is 0 Å². The van der Waals surface area contributed by atoms with Gasteiger partial charge >= 0.3 is 0 Å². The number of amides is 2. The van der Waals surface area contributed by atoms with Gasteiger partial charge in [-0.15, -0.1) is 0 Å². The van der Waals surface area contributed by atoms with Gasteiger partial charge < -0.3 is 15.4 Å². The minimum atomic E-state index is -0.366. The van der Waals surface area contributed by atoms with Gasteiger partial charge in [0.15, 0.2) is 0 Å². The molecule has 0 aliphatic heterocycles. The summed E-state index contributed by atoms with van der Waals surface area (Å²) in [6, 6.07) is 22.0. The normalized spacial score (nSPS) is 9.86. The van der Waals surface area contributed by atoms with E-state index in [0.717, 1.165) is 0 Å². The van der Waals surface area contributed by atoms with Crippen molar-refractivity contribution in [2.75, 3.05) is 17.7 Å². The Kier molecular flexibility index (Phi) is 5.68. The van der Waals surface area contributed by atoms with Crippen LogP contribution in [0.25, 0.3) is 0 Å². The van der Waals surface area contributed by atoms with Crippen LogP contribution in [0.15, 0.2) is 72.8 Å². The zero-order valence-electron chi connectivity index (χ0n) is 15.1. The molecule has 2 amide bonds. The van der Waals surface area contributed by atoms with Crippen LogP contribution in [0, 0.1) is 11.3 Å². The first kappa shape index (κ1) is 18.7. The summed E-state index contributed by atoms with van der Waals surface area (Å²) in [5.41, 5.74) is 2.27. The van der Waals surface area contributed by atoms with Crippen LogP contribution in [-0.4, -0.2) is 18.9 Å². The summed E-state index contributed by atoms with van der Waals surface area (Å²) in [5, 5.41) is 14.5. The number of nitrogens with one attached hydrogen (secondary N) is 2. The summed E-state index contributed by atoms with van der Waals surface area (Å²) < 4.78 is 5.09. The highest BCUT2D eigenvalue weighted by Crippen LogP contribution is 2.17. The molecular formula is C22H17N3O3. The summed E-state index contributed by atoms with van der Waals surface area (Å²) in [5.74, 6) is -0.00221. The van der Waals surface area contributed by atoms with Crippen LogP contribution >= 0.6 is 0 Å². The zero-order chi connectivity index (χ0) is 19.9. The summed E-state index contributed by atoms with van der Waals surface area (Å²) in [7, 11) is 1.57. The molecule has 3 rings (SSSR count). The number of rotatable bonds is 5. The Hall–Kier alpha value is -4.11. The van der Waals surface area contributed by atoms with Crippen molar-refractivity contribution in [3.63, 3.8) is 0 Å². The molecule has 0 radical (unpaired) electrons. The molecule has 6 heteroatoms. The smallest absolute Gasteiger partial charge is 0.255 e. The predicted molar refractivity (Wildman–Crippen MR) is 106 cm³/mol. The minimum Gasteiger partial charge on any atom is -0.497 e. The van der Waals surface area contributed by atoms with E-state index < -0.39 is 0 Å². The van der Waals surface area contributed by atoms with Gasteiger partial charge in [0.2, 0.25) is 0 Å². The Morgan fingerprint density at radius 2 is 1.43 bits per heavy atom. The monoisotopic (exact) mass is 371 g/mol. The van der Waals surface area contributed by atoms with Crippen LogP contribution in [0.4, 0.5) is 11.4 Å². The standard InChI is InChI=1S/C22H17N3O3/c1-28-20-10-8-18(9-11-20)24-21(26)16-5-3-6-17(13-16)22(27)25-19-7-2-4-15(12-19)14-23/h2-13H,1H3,(H,24,26)(H,25,27). The van der Waals surface area contributed by atoms with Crippen LogP contribution in [-0.2, 0) is 0 Å². The molecule has 0 spiro atoms. The van der Waals surface area contributed by atoms with Crippen molar-refractivity contribution in [1.29, 1.82) is 5.26 Å². The highest BCUT2D eigenvalue weighted by atomic mass is 16.5. The second kappa shape index (κ2) is 8.52. The molecule has 138 valence electrons. The molecule has 6 nitrogen and oxygen atoms in total. The second-order valence-corrected chi connectivity index (χ2v) is 5.91. The average Bonchev–Trinajstić information content (AvgIpc) is 2.74. The van der Waals surface area contributed by atoms with E-state index in [0.29, 0.717) is 33.8 Å². The first-order valence-electron chi connectivity index (χ1n) is 8.46. The van der Waals surface area contributed by atoms with Crippen molar-refractivity contribution < 1.29 is 14.3 Å². The average molecular weight is 371 g/mol. The van der Waals surface area contributed by atoms with Crippen molar-refractivity contribution in [1.82, 2.24) is 0 Å². The highest BCUT2D eigenvalue weighted by Gasteiger charge is 2.11. The van der Waals surface area contributed by atoms with Gasteiger partial charge in [-0.25, -0.2) is 0 Å². The van der Waals surface area contributed by atoms with Crippen molar-refractivity contribution in [2.24, 2.45) is 0 Å². The summed E-state index contributed by atoms with van der Waals surface area (Å²) >= 11 is 0. The molecule has 0 atom stereocenters. The van der Waals surface area contributed by atoms with Crippen LogP contribution in [0.5, 0.6) is 5.75 Å². The Morgan fingerprint density at radius 3 is 2.04 bits per heavy atom. The lowest BCUT2D eigenvalue weighted by atomic mass is 10.1. The lowest BCUT2D eigenvalue weighted by Gasteiger charge is -2.09. The van der Waals surface area contributed by atoms with Crippen molar-refractivity contribution in [3.8, 4) is 11.8 Å². The minimum absolute atomic E-state index is 0.328. The molecule has 0 aliphatic rings. The molecule has 0 heterocycles. The third kappa shape index (κ3) is 4.54. The predicted octanol–water partition coefficient (Wildman–Crippen LogP) is 4.07. The number of hydrogen-bond donors (Lipinski definition) is 2. The molecule has 3 aromatic rings. The lowest BCUT2D eigenvalue weighted by Crippen LogP contribution is -2.15. The van der Waals surface area contributed by atoms with Gasteiger partial charge in [0.25, 0.3) is 11.8 Å². The Balaban J connectivity index is 1.72. The first-order chi connectivity index (χ1) is 13.6. The molecule has 28 heavy (non-hydrogen) atoms. The van der Waals surface area contributed by atoms with E-state index in [4.69, 9.17) is 10.00 Å². The van der Waals surface area contributed by atoms with E-state index >= 15 is 0 Å². The highest BCUT2D eigenvalue weighted by molar-refractivity contribution is 6.08. The molecule has 0 saturated heterocycles. The maximum atomic E-state index is 12.5. The number of hydrogen-bond acceptors (Lipinski definition) is 4. The van der Waals surface area contributed by atoms with Gasteiger partial charge in [0, 0.05) is 22.5 Å². The Bertz CT molecular complexity index is 1050. The van der Waals surface area contributed by atoms with Crippen LogP contribution in [0.3, 0.4) is 0 Å². The van der Waals surface area contributed by atoms with Gasteiger partial charge in [-0.05, 0) is 60.7 Å². The molecule has 0 fully saturated rings. The number of nitriles is 1. The topological polar surface area (TPSA) is 91.2 Å². The summed E-state index contributed by atoms with van der Waals surface area (Å²) in [6.07, 6.45) is 0. The molecule has 0 bridgehead atoms. The largest absolute Gasteiger partial charge is 0.497 e. The van der Waals surface area contributed by atoms with Crippen LogP contribution < -0.4 is 15.4 Å². The van der Waals surface area contributed by atoms with Crippen molar-refractivity contribution >= 4 is 23.2 Å². The van der Waals surface area contributed by atoms with Gasteiger partial charge in [-0.3, -0.25) is 9.59 Å². The zero-order valence-corrected chi connectivity index (χ0v) is 15.1. The molecule has 3 aromatic carbocycles. The molecule has 0 aromatic heterocycles. The maximum absolute atomic E-state index is 12.5. The molecule has 0 aliphatic carbocycles. The van der Waals surface area contributed by atoms with E-state index in [2.05, 4.69) is 10.6 Å². The third-order valence-corrected chi connectivity index (χ3v) is 3.98. The Labute approximate surface area is 162 Å². The molecular weight excluding hydrogens is 354 g/mol. The fraction of sp³-hybridized carbons (Fsp3) is 0.0455. The quantitative estimate of drug-likeness (QED) is 0.707. The van der Waals surface area contributed by atoms with Crippen molar-refractivity contribution in [2.45, 2.75) is 0 Å². The van der Waals surface area contributed by atoms with E-state index in [9.17, 15) is 9.59 Å². The number of nitrogens with zero attached hydrogens (tertiary/aromatic N) is 1. The van der Waals surface area contributed by atoms with E-state index in [1.54, 1.807) is 73.8 Å². The van der Waals surface area contributed by atoms with Crippen LogP contribution in [0.1, 0.15) is 26.3 Å². The van der Waals surface area contributed by atoms with Crippen molar-refractivity contribution in [3.05, 3.63) is 89.5 Å². The fourth-order valence-corrected chi connectivity index (χ4v) is 2.55. The van der Waals surface area contributed by atoms with Gasteiger partial charge in [0.1, 0.15) is 5.75 Å². The van der Waals surface area contributed by atoms with E-state index in [1.807, 2.05) is 6.07 Å². The first-order valence-corrected chi connectivity index (χ1v) is 8.46. The lowest BCUT2D eigenvalue weighted by molar-refractivity contribution is 0.102. The fourth-order valence-electron chi connectivity index (χ4n) is 2.55. The van der Waals surface area contributed by atoms with Gasteiger partial charge in [-0.2, -0.15) is 5.26 Å². The van der Waals surface area contributed by atoms with E-state index in [1.165, 1.54) is 6.07 Å². The number of carbonyl (C=O) groups is 2. The molecule has 0 unspecified atom stereocenters. The maximum Gasteiger partial charge on any atom is 0.255 e. The summed E-state index contributed by atoms with van der Waals surface area (Å²) in [6.45, 7) is 0. The number of anilines is 2. The molecule has 2 N–H and O–H groups in total. The molecule has 0 saturated carbocycles. The van der Waals surface area contributed by atoms with E-state index in [-0.39, 0.29) is 11.8 Å². The van der Waals surface area contributed by atoms with Gasteiger partial charge in [-0.1, -0.05) is 12.1 Å². The second-order valence-electron chi connectivity index (χ2n) is 5.91. The Morgan fingerprint density at radius 1 is 0.821 bits per heavy atom. The third-order valence-electron chi connectivity index (χ3n) is 3.98. The summed E-state index contributed by atoms with van der Waals surface area (Å²) in [4.78, 5) is 25.0. The number of carbonyl (C=O) groups excluding carboxylic acids is 2. The SMILES string of the molecule is COc1ccc(NC(=O)c2cccc(C(=O)Nc3cccc(C#N)c3)c2)cc1. The van der Waals surface area contributed by atoms with Gasteiger partial charge in [0.05, 0.1) is 18.7 Å². The number of ether oxygens (including phenoxy) is 1. The number of methoxy groups -OCH3 is 1. The number of benzene rings is 3.